The first-order chi connectivity index (χ1) is 7.66. The molecule has 0 bridgehead atoms. The van der Waals surface area contributed by atoms with Gasteiger partial charge >= 0.3 is 0 Å². The maximum atomic E-state index is 12.8. The highest BCUT2D eigenvalue weighted by Gasteiger charge is 2.28. The molecule has 0 spiro atoms. The van der Waals surface area contributed by atoms with Gasteiger partial charge in [0.25, 0.3) is 0 Å². The average molecular weight is 243 g/mol. The molecule has 3 heteroatoms. The summed E-state index contributed by atoms with van der Waals surface area (Å²) in [5, 5.41) is 10.2. The van der Waals surface area contributed by atoms with Crippen molar-refractivity contribution in [2.24, 2.45) is 5.92 Å². The number of aliphatic hydroxyl groups excluding tert-OH is 1. The Balaban J connectivity index is 1.80. The maximum Gasteiger partial charge on any atom is 0.124 e. The zero-order chi connectivity index (χ0) is 11.5. The van der Waals surface area contributed by atoms with Crippen molar-refractivity contribution in [1.29, 1.82) is 0 Å². The summed E-state index contributed by atoms with van der Waals surface area (Å²) in [7, 11) is 0. The molecule has 16 heavy (non-hydrogen) atoms. The van der Waals surface area contributed by atoms with Gasteiger partial charge in [-0.05, 0) is 55.7 Å². The molecule has 1 nitrogen and oxygen atoms in total. The third kappa shape index (κ3) is 3.19. The summed E-state index contributed by atoms with van der Waals surface area (Å²) in [5.74, 6) is 0.232. The van der Waals surface area contributed by atoms with Crippen LogP contribution in [0.5, 0.6) is 0 Å². The van der Waals surface area contributed by atoms with E-state index in [4.69, 9.17) is 11.6 Å². The minimum atomic E-state index is -0.299. The molecule has 0 heterocycles. The first-order valence-corrected chi connectivity index (χ1v) is 6.16. The molecule has 2 rings (SSSR count). The molecule has 0 radical (unpaired) electrons. The van der Waals surface area contributed by atoms with Crippen molar-refractivity contribution < 1.29 is 9.50 Å². The van der Waals surface area contributed by atoms with Crippen LogP contribution in [0.1, 0.15) is 31.2 Å². The Bertz CT molecular complexity index is 363. The fraction of sp³-hybridized carbons (Fsp3) is 0.538. The Labute approximate surface area is 100 Å². The van der Waals surface area contributed by atoms with Crippen LogP contribution >= 0.6 is 11.6 Å². The monoisotopic (exact) mass is 242 g/mol. The summed E-state index contributed by atoms with van der Waals surface area (Å²) in [6.07, 6.45) is 4.71. The molecule has 1 saturated carbocycles. The van der Waals surface area contributed by atoms with E-state index in [1.54, 1.807) is 6.07 Å². The van der Waals surface area contributed by atoms with Crippen molar-refractivity contribution in [2.75, 3.05) is 0 Å². The van der Waals surface area contributed by atoms with E-state index in [-0.39, 0.29) is 11.9 Å². The van der Waals surface area contributed by atoms with E-state index in [1.165, 1.54) is 25.0 Å². The Morgan fingerprint density at radius 2 is 2.19 bits per heavy atom. The van der Waals surface area contributed by atoms with Crippen molar-refractivity contribution in [3.63, 3.8) is 0 Å². The third-order valence-corrected chi connectivity index (χ3v) is 3.48. The predicted molar refractivity (Wildman–Crippen MR) is 63.1 cm³/mol. The second-order valence-electron chi connectivity index (χ2n) is 4.53. The van der Waals surface area contributed by atoms with E-state index >= 15 is 0 Å². The number of aryl methyl sites for hydroxylation is 1. The van der Waals surface area contributed by atoms with Crippen LogP contribution in [0.25, 0.3) is 0 Å². The highest BCUT2D eigenvalue weighted by molar-refractivity contribution is 6.31. The van der Waals surface area contributed by atoms with Gasteiger partial charge in [-0.15, -0.1) is 0 Å². The van der Waals surface area contributed by atoms with Crippen LogP contribution < -0.4 is 0 Å². The normalized spacial score (nSPS) is 17.4. The smallest absolute Gasteiger partial charge is 0.124 e. The number of hydrogen-bond acceptors (Lipinski definition) is 1. The van der Waals surface area contributed by atoms with E-state index in [9.17, 15) is 9.50 Å². The maximum absolute atomic E-state index is 12.8. The van der Waals surface area contributed by atoms with E-state index in [2.05, 4.69) is 0 Å². The zero-order valence-corrected chi connectivity index (χ0v) is 9.88. The summed E-state index contributed by atoms with van der Waals surface area (Å²) >= 11 is 5.92. The Kier molecular flexibility index (Phi) is 3.82. The summed E-state index contributed by atoms with van der Waals surface area (Å²) in [5.41, 5.74) is 0.964. The van der Waals surface area contributed by atoms with Crippen LogP contribution in [0.3, 0.4) is 0 Å². The van der Waals surface area contributed by atoms with Crippen molar-refractivity contribution in [3.8, 4) is 0 Å². The van der Waals surface area contributed by atoms with Crippen molar-refractivity contribution in [2.45, 2.75) is 38.2 Å². The summed E-state index contributed by atoms with van der Waals surface area (Å²) < 4.78 is 12.8. The standard InChI is InChI=1S/C13H16ClFO/c14-12-8-11(15)7-6-9(12)2-1-3-13(16)10-4-5-10/h6-8,10,13,16H,1-5H2. The largest absolute Gasteiger partial charge is 0.393 e. The molecule has 1 unspecified atom stereocenters. The molecule has 1 atom stereocenters. The molecular weight excluding hydrogens is 227 g/mol. The van der Waals surface area contributed by atoms with Crippen molar-refractivity contribution in [1.82, 2.24) is 0 Å². The third-order valence-electron chi connectivity index (χ3n) is 3.13. The minimum Gasteiger partial charge on any atom is -0.393 e. The molecular formula is C13H16ClFO. The highest BCUT2D eigenvalue weighted by Crippen LogP contribution is 2.34. The fourth-order valence-corrected chi connectivity index (χ4v) is 2.20. The van der Waals surface area contributed by atoms with Gasteiger partial charge in [0.1, 0.15) is 5.82 Å². The van der Waals surface area contributed by atoms with Gasteiger partial charge in [-0.3, -0.25) is 0 Å². The van der Waals surface area contributed by atoms with Gasteiger partial charge in [0.2, 0.25) is 0 Å². The quantitative estimate of drug-likeness (QED) is 0.837. The lowest BCUT2D eigenvalue weighted by atomic mass is 10.0. The van der Waals surface area contributed by atoms with E-state index in [0.29, 0.717) is 10.9 Å². The van der Waals surface area contributed by atoms with Crippen molar-refractivity contribution in [3.05, 3.63) is 34.6 Å². The average Bonchev–Trinajstić information content (AvgIpc) is 3.04. The molecule has 1 aliphatic carbocycles. The predicted octanol–water partition coefficient (Wildman–Crippen LogP) is 3.57. The molecule has 1 aliphatic rings. The van der Waals surface area contributed by atoms with Gasteiger partial charge in [-0.1, -0.05) is 17.7 Å². The zero-order valence-electron chi connectivity index (χ0n) is 9.13. The van der Waals surface area contributed by atoms with Gasteiger partial charge in [0, 0.05) is 5.02 Å². The minimum absolute atomic E-state index is 0.153. The second kappa shape index (κ2) is 5.15. The van der Waals surface area contributed by atoms with E-state index < -0.39 is 0 Å². The number of hydrogen-bond donors (Lipinski definition) is 1. The Morgan fingerprint density at radius 3 is 2.81 bits per heavy atom. The number of aliphatic hydroxyl groups is 1. The first-order valence-electron chi connectivity index (χ1n) is 5.79. The molecule has 0 amide bonds. The van der Waals surface area contributed by atoms with Crippen LogP contribution in [0.15, 0.2) is 18.2 Å². The first kappa shape index (κ1) is 11.9. The van der Waals surface area contributed by atoms with Gasteiger partial charge in [0.15, 0.2) is 0 Å². The molecule has 88 valence electrons. The fourth-order valence-electron chi connectivity index (χ4n) is 1.94. The van der Waals surface area contributed by atoms with Gasteiger partial charge in [-0.2, -0.15) is 0 Å². The number of rotatable bonds is 5. The topological polar surface area (TPSA) is 20.2 Å². The number of benzene rings is 1. The van der Waals surface area contributed by atoms with E-state index in [1.807, 2.05) is 0 Å². The van der Waals surface area contributed by atoms with Gasteiger partial charge in [-0.25, -0.2) is 4.39 Å². The molecule has 0 aliphatic heterocycles. The molecule has 1 aromatic carbocycles. The summed E-state index contributed by atoms with van der Waals surface area (Å²) in [6, 6.07) is 4.49. The van der Waals surface area contributed by atoms with Gasteiger partial charge in [0.05, 0.1) is 6.10 Å². The second-order valence-corrected chi connectivity index (χ2v) is 4.94. The lowest BCUT2D eigenvalue weighted by Gasteiger charge is -2.09. The number of halogens is 2. The summed E-state index contributed by atoms with van der Waals surface area (Å²) in [4.78, 5) is 0. The van der Waals surface area contributed by atoms with Gasteiger partial charge < -0.3 is 5.11 Å². The summed E-state index contributed by atoms with van der Waals surface area (Å²) in [6.45, 7) is 0. The van der Waals surface area contributed by atoms with Crippen LogP contribution in [-0.2, 0) is 6.42 Å². The van der Waals surface area contributed by atoms with Crippen LogP contribution in [0, 0.1) is 11.7 Å². The highest BCUT2D eigenvalue weighted by atomic mass is 35.5. The Hall–Kier alpha value is -0.600. The lowest BCUT2D eigenvalue weighted by Crippen LogP contribution is -2.09. The van der Waals surface area contributed by atoms with Crippen LogP contribution in [0.4, 0.5) is 4.39 Å². The lowest BCUT2D eigenvalue weighted by molar-refractivity contribution is 0.139. The Morgan fingerprint density at radius 1 is 1.44 bits per heavy atom. The van der Waals surface area contributed by atoms with Crippen LogP contribution in [-0.4, -0.2) is 11.2 Å². The van der Waals surface area contributed by atoms with E-state index in [0.717, 1.165) is 24.8 Å². The molecule has 1 aromatic rings. The molecule has 1 N–H and O–H groups in total. The van der Waals surface area contributed by atoms with Crippen molar-refractivity contribution >= 4 is 11.6 Å². The molecule has 1 fully saturated rings. The van der Waals surface area contributed by atoms with Crippen LogP contribution in [0.2, 0.25) is 5.02 Å². The molecule has 0 aromatic heterocycles. The molecule has 0 saturated heterocycles. The SMILES string of the molecule is OC(CCCc1ccc(F)cc1Cl)C1CC1.